The molecular formula is C17H27N3O. The Morgan fingerprint density at radius 3 is 2.52 bits per heavy atom. The van der Waals surface area contributed by atoms with Crippen LogP contribution >= 0.6 is 0 Å². The van der Waals surface area contributed by atoms with Gasteiger partial charge in [0, 0.05) is 24.3 Å². The van der Waals surface area contributed by atoms with Gasteiger partial charge < -0.3 is 15.4 Å². The van der Waals surface area contributed by atoms with Crippen LogP contribution in [0.1, 0.15) is 51.1 Å². The van der Waals surface area contributed by atoms with Crippen LogP contribution in [0.25, 0.3) is 0 Å². The van der Waals surface area contributed by atoms with Gasteiger partial charge in [0.25, 0.3) is 0 Å². The minimum atomic E-state index is 0.0741. The van der Waals surface area contributed by atoms with Gasteiger partial charge in [-0.25, -0.2) is 0 Å². The predicted octanol–water partition coefficient (Wildman–Crippen LogP) is 2.74. The van der Waals surface area contributed by atoms with E-state index in [0.717, 1.165) is 23.4 Å². The lowest BCUT2D eigenvalue weighted by molar-refractivity contribution is 0.120. The van der Waals surface area contributed by atoms with Crippen molar-refractivity contribution in [1.29, 1.82) is 0 Å². The first-order valence-electron chi connectivity index (χ1n) is 8.13. The van der Waals surface area contributed by atoms with Gasteiger partial charge in [-0.2, -0.15) is 0 Å². The van der Waals surface area contributed by atoms with E-state index in [1.165, 1.54) is 25.7 Å². The van der Waals surface area contributed by atoms with E-state index in [-0.39, 0.29) is 12.1 Å². The summed E-state index contributed by atoms with van der Waals surface area (Å²) < 4.78 is 5.74. The molecule has 2 saturated heterocycles. The summed E-state index contributed by atoms with van der Waals surface area (Å²) in [6.07, 6.45) is 8.93. The normalized spacial score (nSPS) is 30.6. The first kappa shape index (κ1) is 14.8. The van der Waals surface area contributed by atoms with Crippen LogP contribution in [0.2, 0.25) is 0 Å². The van der Waals surface area contributed by atoms with Gasteiger partial charge in [0.2, 0.25) is 0 Å². The molecule has 4 nitrogen and oxygen atoms in total. The molecule has 2 fully saturated rings. The van der Waals surface area contributed by atoms with Crippen molar-refractivity contribution >= 4 is 0 Å². The molecule has 1 aromatic heterocycles. The third-order valence-electron chi connectivity index (χ3n) is 5.13. The molecule has 4 heteroatoms. The quantitative estimate of drug-likeness (QED) is 0.926. The number of fused-ring (bicyclic) bond motifs is 2. The number of pyridine rings is 1. The van der Waals surface area contributed by atoms with Crippen molar-refractivity contribution in [3.05, 3.63) is 24.0 Å². The molecule has 2 N–H and O–H groups in total. The minimum Gasteiger partial charge on any atom is -0.489 e. The Morgan fingerprint density at radius 2 is 1.90 bits per heavy atom. The second kappa shape index (κ2) is 5.93. The fourth-order valence-corrected chi connectivity index (χ4v) is 3.97. The molecule has 21 heavy (non-hydrogen) atoms. The van der Waals surface area contributed by atoms with Gasteiger partial charge in [-0.3, -0.25) is 4.98 Å². The molecule has 3 atom stereocenters. The van der Waals surface area contributed by atoms with Gasteiger partial charge in [-0.15, -0.1) is 0 Å². The van der Waals surface area contributed by atoms with Gasteiger partial charge in [-0.05, 0) is 64.1 Å². The van der Waals surface area contributed by atoms with Crippen molar-refractivity contribution in [2.75, 3.05) is 7.05 Å². The smallest absolute Gasteiger partial charge is 0.138 e. The second-order valence-corrected chi connectivity index (χ2v) is 6.93. The van der Waals surface area contributed by atoms with E-state index in [9.17, 15) is 0 Å². The second-order valence-electron chi connectivity index (χ2n) is 6.93. The Bertz CT molecular complexity index is 477. The Morgan fingerprint density at radius 1 is 1.24 bits per heavy atom. The summed E-state index contributed by atoms with van der Waals surface area (Å²) in [5, 5.41) is 0. The van der Waals surface area contributed by atoms with E-state index in [0.29, 0.717) is 5.92 Å². The van der Waals surface area contributed by atoms with Gasteiger partial charge in [0.05, 0.1) is 12.3 Å². The fourth-order valence-electron chi connectivity index (χ4n) is 3.97. The lowest BCUT2D eigenvalue weighted by atomic mass is 9.83. The lowest BCUT2D eigenvalue weighted by Gasteiger charge is -2.38. The first-order valence-corrected chi connectivity index (χ1v) is 8.13. The largest absolute Gasteiger partial charge is 0.489 e. The Labute approximate surface area is 127 Å². The van der Waals surface area contributed by atoms with Crippen LogP contribution in [-0.2, 0) is 0 Å². The maximum absolute atomic E-state index is 6.55. The highest BCUT2D eigenvalue weighted by atomic mass is 16.5. The average molecular weight is 289 g/mol. The zero-order chi connectivity index (χ0) is 15.0. The molecule has 0 radical (unpaired) electrons. The summed E-state index contributed by atoms with van der Waals surface area (Å²) in [5.41, 5.74) is 7.67. The monoisotopic (exact) mass is 289 g/mol. The van der Waals surface area contributed by atoms with Crippen LogP contribution in [0.4, 0.5) is 0 Å². The highest BCUT2D eigenvalue weighted by Gasteiger charge is 2.40. The molecule has 0 spiro atoms. The van der Waals surface area contributed by atoms with Gasteiger partial charge in [0.15, 0.2) is 0 Å². The molecule has 1 aromatic rings. The number of aromatic nitrogens is 1. The van der Waals surface area contributed by atoms with E-state index < -0.39 is 0 Å². The number of hydrogen-bond donors (Lipinski definition) is 1. The molecule has 3 unspecified atom stereocenters. The van der Waals surface area contributed by atoms with Crippen LogP contribution in [0.3, 0.4) is 0 Å². The topological polar surface area (TPSA) is 51.4 Å². The zero-order valence-corrected chi connectivity index (χ0v) is 13.3. The van der Waals surface area contributed by atoms with Gasteiger partial charge in [0.1, 0.15) is 5.75 Å². The first-order chi connectivity index (χ1) is 10.0. The summed E-state index contributed by atoms with van der Waals surface area (Å²) in [4.78, 5) is 6.86. The predicted molar refractivity (Wildman–Crippen MR) is 84.2 cm³/mol. The van der Waals surface area contributed by atoms with Gasteiger partial charge >= 0.3 is 0 Å². The van der Waals surface area contributed by atoms with E-state index in [2.05, 4.69) is 23.0 Å². The van der Waals surface area contributed by atoms with Crippen LogP contribution in [0.5, 0.6) is 5.75 Å². The van der Waals surface area contributed by atoms with Crippen molar-refractivity contribution in [2.24, 2.45) is 11.7 Å². The molecular weight excluding hydrogens is 262 g/mol. The number of ether oxygens (including phenoxy) is 1. The Kier molecular flexibility index (Phi) is 4.18. The van der Waals surface area contributed by atoms with Crippen molar-refractivity contribution in [2.45, 2.75) is 63.8 Å². The highest BCUT2D eigenvalue weighted by molar-refractivity contribution is 5.26. The SMILES string of the molecule is CC(C)Oc1cncc(C(N)C2CC3CCC(C2)N3C)c1. The third-order valence-corrected chi connectivity index (χ3v) is 5.13. The van der Waals surface area contributed by atoms with Crippen LogP contribution in [0.15, 0.2) is 18.5 Å². The lowest BCUT2D eigenvalue weighted by Crippen LogP contribution is -2.42. The molecule has 2 bridgehead atoms. The average Bonchev–Trinajstić information content (AvgIpc) is 2.67. The number of nitrogens with two attached hydrogens (primary N) is 1. The minimum absolute atomic E-state index is 0.0741. The number of nitrogens with zero attached hydrogens (tertiary/aromatic N) is 2. The van der Waals surface area contributed by atoms with Crippen LogP contribution in [-0.4, -0.2) is 35.1 Å². The number of rotatable bonds is 4. The molecule has 116 valence electrons. The maximum atomic E-state index is 6.55. The number of piperidine rings is 1. The molecule has 2 aliphatic rings. The molecule has 0 aliphatic carbocycles. The van der Waals surface area contributed by atoms with E-state index in [4.69, 9.17) is 10.5 Å². The van der Waals surface area contributed by atoms with Crippen LogP contribution < -0.4 is 10.5 Å². The van der Waals surface area contributed by atoms with Crippen molar-refractivity contribution in [3.8, 4) is 5.75 Å². The molecule has 3 heterocycles. The summed E-state index contributed by atoms with van der Waals surface area (Å²) in [5.74, 6) is 1.39. The fraction of sp³-hybridized carbons (Fsp3) is 0.706. The summed E-state index contributed by atoms with van der Waals surface area (Å²) in [6.45, 7) is 4.06. The molecule has 0 amide bonds. The Hall–Kier alpha value is -1.13. The van der Waals surface area contributed by atoms with E-state index >= 15 is 0 Å². The number of hydrogen-bond acceptors (Lipinski definition) is 4. The Balaban J connectivity index is 1.72. The molecule has 0 aromatic carbocycles. The highest BCUT2D eigenvalue weighted by Crippen LogP contribution is 2.41. The van der Waals surface area contributed by atoms with E-state index in [1.807, 2.05) is 20.0 Å². The molecule has 2 aliphatic heterocycles. The summed E-state index contributed by atoms with van der Waals surface area (Å²) in [7, 11) is 2.27. The molecule has 0 saturated carbocycles. The summed E-state index contributed by atoms with van der Waals surface area (Å²) in [6, 6.07) is 3.59. The van der Waals surface area contributed by atoms with Gasteiger partial charge in [-0.1, -0.05) is 0 Å². The van der Waals surface area contributed by atoms with Crippen molar-refractivity contribution in [3.63, 3.8) is 0 Å². The molecule has 3 rings (SSSR count). The van der Waals surface area contributed by atoms with E-state index in [1.54, 1.807) is 6.20 Å². The standard InChI is InChI=1S/C17H27N3O/c1-11(2)21-16-8-13(9-19-10-16)17(18)12-6-14-4-5-15(7-12)20(14)3/h8-12,14-15,17H,4-7,18H2,1-3H3. The van der Waals surface area contributed by atoms with Crippen LogP contribution in [0, 0.1) is 5.92 Å². The zero-order valence-electron chi connectivity index (χ0n) is 13.3. The third kappa shape index (κ3) is 3.06. The van der Waals surface area contributed by atoms with Crippen molar-refractivity contribution in [1.82, 2.24) is 9.88 Å². The van der Waals surface area contributed by atoms with Crippen molar-refractivity contribution < 1.29 is 4.74 Å². The summed E-state index contributed by atoms with van der Waals surface area (Å²) >= 11 is 0. The maximum Gasteiger partial charge on any atom is 0.138 e.